The van der Waals surface area contributed by atoms with Gasteiger partial charge in [-0.3, -0.25) is 0 Å². The molecule has 0 bridgehead atoms. The molecule has 2 aromatic carbocycles. The van der Waals surface area contributed by atoms with Crippen LogP contribution in [0, 0.1) is 0 Å². The molecule has 0 amide bonds. The summed E-state index contributed by atoms with van der Waals surface area (Å²) < 4.78 is 28.9. The Kier molecular flexibility index (Phi) is 7.86. The molecule has 1 aromatic heterocycles. The second kappa shape index (κ2) is 10.4. The summed E-state index contributed by atoms with van der Waals surface area (Å²) in [6, 6.07) is 10.4. The van der Waals surface area contributed by atoms with Gasteiger partial charge in [0.25, 0.3) is 0 Å². The van der Waals surface area contributed by atoms with Crippen molar-refractivity contribution >= 4 is 21.1 Å². The number of nitrogens with zero attached hydrogens (tertiary/aromatic N) is 4. The normalized spacial score (nSPS) is 13.2. The molecule has 174 valence electrons. The van der Waals surface area contributed by atoms with Crippen molar-refractivity contribution in [2.24, 2.45) is 0 Å². The van der Waals surface area contributed by atoms with E-state index in [4.69, 9.17) is 0 Å². The van der Waals surface area contributed by atoms with Gasteiger partial charge in [-0.05, 0) is 62.7 Å². The van der Waals surface area contributed by atoms with Crippen LogP contribution in [0.15, 0.2) is 41.3 Å². The molecule has 8 nitrogen and oxygen atoms in total. The fraction of sp³-hybridized carbons (Fsp3) is 0.478. The van der Waals surface area contributed by atoms with Crippen molar-refractivity contribution in [2.45, 2.75) is 51.3 Å². The monoisotopic (exact) mass is 459 g/mol. The van der Waals surface area contributed by atoms with Gasteiger partial charge in [0, 0.05) is 12.1 Å². The third kappa shape index (κ3) is 5.28. The number of rotatable bonds is 11. The van der Waals surface area contributed by atoms with Crippen LogP contribution in [0.2, 0.25) is 0 Å². The first kappa shape index (κ1) is 24.2. The highest BCUT2D eigenvalue weighted by Crippen LogP contribution is 2.35. The van der Waals surface area contributed by atoms with Crippen LogP contribution in [-0.2, 0) is 10.0 Å². The number of phenolic OH excluding ortho intramolecular Hbond substituents is 1. The molecule has 32 heavy (non-hydrogen) atoms. The van der Waals surface area contributed by atoms with Gasteiger partial charge in [-0.25, -0.2) is 13.1 Å². The lowest BCUT2D eigenvalue weighted by molar-refractivity contribution is 0.300. The molecule has 0 fully saturated rings. The van der Waals surface area contributed by atoms with Crippen molar-refractivity contribution < 1.29 is 13.5 Å². The first-order chi connectivity index (χ1) is 15.3. The van der Waals surface area contributed by atoms with Gasteiger partial charge in [-0.1, -0.05) is 39.8 Å². The number of aromatic hydroxyl groups is 1. The fourth-order valence-electron chi connectivity index (χ4n) is 3.62. The largest absolute Gasteiger partial charge is 0.505 e. The molecule has 0 spiro atoms. The molecular formula is C23H33N5O3S. The van der Waals surface area contributed by atoms with Crippen molar-refractivity contribution in [1.82, 2.24) is 24.6 Å². The number of hydrogen-bond acceptors (Lipinski definition) is 6. The lowest BCUT2D eigenvalue weighted by Gasteiger charge is -2.18. The van der Waals surface area contributed by atoms with Crippen molar-refractivity contribution in [3.8, 4) is 11.4 Å². The van der Waals surface area contributed by atoms with Crippen LogP contribution < -0.4 is 4.72 Å². The summed E-state index contributed by atoms with van der Waals surface area (Å²) in [5.41, 5.74) is 2.15. The van der Waals surface area contributed by atoms with Crippen LogP contribution in [-0.4, -0.2) is 59.6 Å². The summed E-state index contributed by atoms with van der Waals surface area (Å²) >= 11 is 0. The Morgan fingerprint density at radius 2 is 1.72 bits per heavy atom. The smallest absolute Gasteiger partial charge is 0.240 e. The van der Waals surface area contributed by atoms with Crippen LogP contribution in [0.25, 0.3) is 16.7 Å². The highest BCUT2D eigenvalue weighted by molar-refractivity contribution is 7.89. The summed E-state index contributed by atoms with van der Waals surface area (Å²) in [7, 11) is -3.76. The number of sulfonamides is 1. The molecule has 1 heterocycles. The summed E-state index contributed by atoms with van der Waals surface area (Å²) in [6.45, 7) is 11.2. The molecule has 0 saturated carbocycles. The Balaban J connectivity index is 1.95. The van der Waals surface area contributed by atoms with Crippen LogP contribution in [0.3, 0.4) is 0 Å². The molecule has 0 radical (unpaired) electrons. The van der Waals surface area contributed by atoms with E-state index in [1.165, 1.54) is 10.9 Å². The van der Waals surface area contributed by atoms with E-state index in [1.54, 1.807) is 6.07 Å². The topological polar surface area (TPSA) is 100 Å². The van der Waals surface area contributed by atoms with E-state index in [2.05, 4.69) is 33.7 Å². The van der Waals surface area contributed by atoms with Gasteiger partial charge in [-0.2, -0.15) is 0 Å². The molecule has 1 atom stereocenters. The molecule has 3 aromatic rings. The van der Waals surface area contributed by atoms with E-state index in [0.717, 1.165) is 32.5 Å². The van der Waals surface area contributed by atoms with Crippen molar-refractivity contribution in [3.05, 3.63) is 42.0 Å². The minimum atomic E-state index is -3.76. The van der Waals surface area contributed by atoms with Gasteiger partial charge in [0.1, 0.15) is 22.5 Å². The Hall–Kier alpha value is -2.49. The quantitative estimate of drug-likeness (QED) is 0.425. The van der Waals surface area contributed by atoms with Crippen LogP contribution >= 0.6 is 0 Å². The zero-order chi connectivity index (χ0) is 23.3. The van der Waals surface area contributed by atoms with Gasteiger partial charge >= 0.3 is 0 Å². The average molecular weight is 460 g/mol. The second-order valence-corrected chi connectivity index (χ2v) is 9.71. The van der Waals surface area contributed by atoms with E-state index in [9.17, 15) is 13.5 Å². The molecule has 9 heteroatoms. The van der Waals surface area contributed by atoms with Gasteiger partial charge < -0.3 is 10.0 Å². The zero-order valence-corrected chi connectivity index (χ0v) is 20.1. The van der Waals surface area contributed by atoms with Crippen LogP contribution in [0.5, 0.6) is 5.75 Å². The Bertz CT molecular complexity index is 1120. The standard InChI is InChI=1S/C23H33N5O3S/c1-5-17(4)19-15-18(32(30,31)24-13-10-14-27(6-2)7-3)16-22(23(19)29)28-25-20-11-8-9-12-21(20)26-28/h8-9,11-12,15-17,24,29H,5-7,10,13-14H2,1-4H3. The van der Waals surface area contributed by atoms with Gasteiger partial charge in [0.05, 0.1) is 4.90 Å². The summed E-state index contributed by atoms with van der Waals surface area (Å²) in [4.78, 5) is 3.66. The molecule has 2 N–H and O–H groups in total. The molecule has 1 unspecified atom stereocenters. The summed E-state index contributed by atoms with van der Waals surface area (Å²) in [5.74, 6) is -0.0308. The highest BCUT2D eigenvalue weighted by atomic mass is 32.2. The molecule has 0 aliphatic rings. The zero-order valence-electron chi connectivity index (χ0n) is 19.2. The predicted octanol–water partition coefficient (Wildman–Crippen LogP) is 3.65. The van der Waals surface area contributed by atoms with Crippen molar-refractivity contribution in [3.63, 3.8) is 0 Å². The van der Waals surface area contributed by atoms with E-state index in [-0.39, 0.29) is 22.3 Å². The molecule has 0 saturated heterocycles. The van der Waals surface area contributed by atoms with Crippen molar-refractivity contribution in [1.29, 1.82) is 0 Å². The molecule has 3 rings (SSSR count). The van der Waals surface area contributed by atoms with E-state index >= 15 is 0 Å². The maximum atomic E-state index is 13.1. The number of nitrogens with one attached hydrogen (secondary N) is 1. The van der Waals surface area contributed by atoms with Gasteiger partial charge in [0.15, 0.2) is 0 Å². The second-order valence-electron chi connectivity index (χ2n) is 7.95. The maximum absolute atomic E-state index is 13.1. The minimum absolute atomic E-state index is 0.000129. The van der Waals surface area contributed by atoms with E-state index < -0.39 is 10.0 Å². The van der Waals surface area contributed by atoms with Crippen molar-refractivity contribution in [2.75, 3.05) is 26.2 Å². The number of benzene rings is 2. The number of fused-ring (bicyclic) bond motifs is 1. The van der Waals surface area contributed by atoms with Gasteiger partial charge in [-0.15, -0.1) is 15.0 Å². The Labute approximate surface area is 190 Å². The first-order valence-corrected chi connectivity index (χ1v) is 12.7. The predicted molar refractivity (Wildman–Crippen MR) is 127 cm³/mol. The maximum Gasteiger partial charge on any atom is 0.240 e. The minimum Gasteiger partial charge on any atom is -0.505 e. The number of aromatic nitrogens is 3. The van der Waals surface area contributed by atoms with E-state index in [1.807, 2.05) is 38.1 Å². The van der Waals surface area contributed by atoms with Crippen LogP contribution in [0.4, 0.5) is 0 Å². The average Bonchev–Trinajstić information content (AvgIpc) is 3.22. The van der Waals surface area contributed by atoms with Gasteiger partial charge in [0.2, 0.25) is 10.0 Å². The highest BCUT2D eigenvalue weighted by Gasteiger charge is 2.23. The molecular weight excluding hydrogens is 426 g/mol. The Morgan fingerprint density at radius 1 is 1.09 bits per heavy atom. The van der Waals surface area contributed by atoms with E-state index in [0.29, 0.717) is 23.1 Å². The third-order valence-electron chi connectivity index (χ3n) is 5.89. The summed E-state index contributed by atoms with van der Waals surface area (Å²) in [5, 5.41) is 19.8. The molecule has 0 aliphatic heterocycles. The lowest BCUT2D eigenvalue weighted by atomic mass is 9.97. The third-order valence-corrected chi connectivity index (χ3v) is 7.33. The fourth-order valence-corrected chi connectivity index (χ4v) is 4.75. The Morgan fingerprint density at radius 3 is 2.28 bits per heavy atom. The number of phenols is 1. The van der Waals surface area contributed by atoms with Crippen LogP contribution in [0.1, 0.15) is 52.0 Å². The SMILES string of the molecule is CCC(C)c1cc(S(=O)(=O)NCCCN(CC)CC)cc(-n2nc3ccccc3n2)c1O. The number of hydrogen-bond donors (Lipinski definition) is 2. The summed E-state index contributed by atoms with van der Waals surface area (Å²) in [6.07, 6.45) is 1.47. The molecule has 0 aliphatic carbocycles. The first-order valence-electron chi connectivity index (χ1n) is 11.2. The lowest BCUT2D eigenvalue weighted by Crippen LogP contribution is -2.30.